The fraction of sp³-hybridized carbons (Fsp3) is 0.176. The maximum absolute atomic E-state index is 12.1. The number of nitrogens with two attached hydrogens (primary N) is 1. The van der Waals surface area contributed by atoms with Gasteiger partial charge >= 0.3 is 5.97 Å². The van der Waals surface area contributed by atoms with Crippen LogP contribution < -0.4 is 30.2 Å². The normalized spacial score (nSPS) is 10.0. The highest BCUT2D eigenvalue weighted by molar-refractivity contribution is 6.30. The van der Waals surface area contributed by atoms with Crippen molar-refractivity contribution in [2.24, 2.45) is 5.84 Å². The number of carbonyl (C=O) groups is 2. The van der Waals surface area contributed by atoms with E-state index in [1.54, 1.807) is 24.3 Å². The lowest BCUT2D eigenvalue weighted by molar-refractivity contribution is -0.136. The average Bonchev–Trinajstić information content (AvgIpc) is 2.65. The van der Waals surface area contributed by atoms with E-state index in [0.717, 1.165) is 0 Å². The van der Waals surface area contributed by atoms with E-state index in [-0.39, 0.29) is 17.1 Å². The van der Waals surface area contributed by atoms with Crippen molar-refractivity contribution in [1.29, 1.82) is 0 Å². The number of carbonyl (C=O) groups excluding carboxylic acids is 2. The molecule has 2 aromatic carbocycles. The number of ether oxygens (including phenoxy) is 4. The van der Waals surface area contributed by atoms with Crippen molar-refractivity contribution in [3.05, 3.63) is 47.0 Å². The van der Waals surface area contributed by atoms with Gasteiger partial charge in [-0.1, -0.05) is 17.7 Å². The largest absolute Gasteiger partial charge is 0.496 e. The molecule has 2 aromatic rings. The second kappa shape index (κ2) is 8.93. The van der Waals surface area contributed by atoms with Crippen LogP contribution in [0, 0.1) is 0 Å². The second-order valence-corrected chi connectivity index (χ2v) is 5.33. The first-order valence-electron chi connectivity index (χ1n) is 7.34. The van der Waals surface area contributed by atoms with Crippen molar-refractivity contribution >= 4 is 23.5 Å². The number of hydrogen-bond acceptors (Lipinski definition) is 7. The van der Waals surface area contributed by atoms with E-state index in [1.807, 2.05) is 5.43 Å². The third kappa shape index (κ3) is 4.78. The van der Waals surface area contributed by atoms with Crippen molar-refractivity contribution in [3.8, 4) is 23.0 Å². The highest BCUT2D eigenvalue weighted by Crippen LogP contribution is 2.34. The standard InChI is InChI=1S/C17H17ClN2O6/c1-23-12-7-13(24-2)16(17(22)20-19)14(8-12)26-15(21)9-25-11-5-3-4-10(18)6-11/h3-8H,9,19H2,1-2H3,(H,20,22). The van der Waals surface area contributed by atoms with Crippen LogP contribution in [0.25, 0.3) is 0 Å². The zero-order valence-corrected chi connectivity index (χ0v) is 14.8. The molecule has 26 heavy (non-hydrogen) atoms. The first kappa shape index (κ1) is 19.4. The highest BCUT2D eigenvalue weighted by Gasteiger charge is 2.22. The van der Waals surface area contributed by atoms with Crippen LogP contribution in [-0.4, -0.2) is 32.7 Å². The van der Waals surface area contributed by atoms with Crippen LogP contribution in [0.2, 0.25) is 5.02 Å². The Kier molecular flexibility index (Phi) is 6.65. The van der Waals surface area contributed by atoms with E-state index < -0.39 is 18.5 Å². The summed E-state index contributed by atoms with van der Waals surface area (Å²) in [5, 5.41) is 0.468. The number of halogens is 1. The SMILES string of the molecule is COc1cc(OC)c(C(=O)NN)c(OC(=O)COc2cccc(Cl)c2)c1. The summed E-state index contributed by atoms with van der Waals surface area (Å²) in [4.78, 5) is 24.1. The maximum Gasteiger partial charge on any atom is 0.349 e. The number of nitrogens with one attached hydrogen (secondary N) is 1. The smallest absolute Gasteiger partial charge is 0.349 e. The predicted octanol–water partition coefficient (Wildman–Crippen LogP) is 1.95. The summed E-state index contributed by atoms with van der Waals surface area (Å²) in [5.41, 5.74) is 1.93. The minimum atomic E-state index is -0.744. The molecule has 138 valence electrons. The summed E-state index contributed by atoms with van der Waals surface area (Å²) in [5.74, 6) is 4.53. The van der Waals surface area contributed by atoms with Crippen molar-refractivity contribution in [2.75, 3.05) is 20.8 Å². The molecule has 0 fully saturated rings. The number of hydrazine groups is 1. The molecular formula is C17H17ClN2O6. The van der Waals surface area contributed by atoms with Crippen LogP contribution in [0.15, 0.2) is 36.4 Å². The lowest BCUT2D eigenvalue weighted by atomic mass is 10.1. The van der Waals surface area contributed by atoms with Crippen LogP contribution >= 0.6 is 11.6 Å². The Hall–Kier alpha value is -2.97. The number of hydrogen-bond donors (Lipinski definition) is 2. The molecule has 0 saturated carbocycles. The molecule has 0 atom stereocenters. The molecule has 3 N–H and O–H groups in total. The molecular weight excluding hydrogens is 364 g/mol. The fourth-order valence-electron chi connectivity index (χ4n) is 2.07. The summed E-state index contributed by atoms with van der Waals surface area (Å²) in [7, 11) is 2.78. The fourth-order valence-corrected chi connectivity index (χ4v) is 2.25. The van der Waals surface area contributed by atoms with Crippen molar-refractivity contribution in [3.63, 3.8) is 0 Å². The van der Waals surface area contributed by atoms with E-state index in [2.05, 4.69) is 0 Å². The Bertz CT molecular complexity index is 812. The van der Waals surface area contributed by atoms with E-state index in [1.165, 1.54) is 26.4 Å². The molecule has 0 aliphatic heterocycles. The van der Waals surface area contributed by atoms with Crippen LogP contribution in [-0.2, 0) is 4.79 Å². The summed E-state index contributed by atoms with van der Waals surface area (Å²) in [6.45, 7) is -0.399. The number of esters is 1. The molecule has 0 bridgehead atoms. The quantitative estimate of drug-likeness (QED) is 0.248. The first-order valence-corrected chi connectivity index (χ1v) is 7.72. The summed E-state index contributed by atoms with van der Waals surface area (Å²) < 4.78 is 20.8. The lowest BCUT2D eigenvalue weighted by Gasteiger charge is -2.15. The van der Waals surface area contributed by atoms with Crippen LogP contribution in [0.1, 0.15) is 10.4 Å². The van der Waals surface area contributed by atoms with Gasteiger partial charge in [0.2, 0.25) is 0 Å². The minimum Gasteiger partial charge on any atom is -0.496 e. The minimum absolute atomic E-state index is 0.0492. The highest BCUT2D eigenvalue weighted by atomic mass is 35.5. The average molecular weight is 381 g/mol. The summed E-state index contributed by atoms with van der Waals surface area (Å²) in [6, 6.07) is 9.37. The van der Waals surface area contributed by atoms with Gasteiger partial charge in [-0.3, -0.25) is 10.2 Å². The Labute approximate surface area is 154 Å². The molecule has 0 saturated heterocycles. The molecule has 2 rings (SSSR count). The van der Waals surface area contributed by atoms with E-state index >= 15 is 0 Å². The van der Waals surface area contributed by atoms with Gasteiger partial charge < -0.3 is 18.9 Å². The van der Waals surface area contributed by atoms with Crippen molar-refractivity contribution in [1.82, 2.24) is 5.43 Å². The second-order valence-electron chi connectivity index (χ2n) is 4.90. The van der Waals surface area contributed by atoms with Crippen molar-refractivity contribution < 1.29 is 28.5 Å². The van der Waals surface area contributed by atoms with E-state index in [9.17, 15) is 9.59 Å². The Morgan fingerprint density at radius 2 is 1.81 bits per heavy atom. The summed E-state index contributed by atoms with van der Waals surface area (Å²) in [6.07, 6.45) is 0. The lowest BCUT2D eigenvalue weighted by Crippen LogP contribution is -2.31. The molecule has 0 aromatic heterocycles. The number of amides is 1. The third-order valence-electron chi connectivity index (χ3n) is 3.23. The zero-order valence-electron chi connectivity index (χ0n) is 14.1. The van der Waals surface area contributed by atoms with Gasteiger partial charge in [0.05, 0.1) is 14.2 Å². The van der Waals surface area contributed by atoms with Gasteiger partial charge in [-0.15, -0.1) is 0 Å². The van der Waals surface area contributed by atoms with Gasteiger partial charge in [-0.05, 0) is 18.2 Å². The molecule has 8 nitrogen and oxygen atoms in total. The van der Waals surface area contributed by atoms with Gasteiger partial charge in [-0.25, -0.2) is 10.6 Å². The molecule has 0 heterocycles. The number of rotatable bonds is 7. The Morgan fingerprint density at radius 1 is 1.08 bits per heavy atom. The molecule has 0 aliphatic rings. The number of nitrogen functional groups attached to an aromatic ring is 1. The van der Waals surface area contributed by atoms with Crippen LogP contribution in [0.3, 0.4) is 0 Å². The van der Waals surface area contributed by atoms with Gasteiger partial charge in [0.25, 0.3) is 5.91 Å². The Morgan fingerprint density at radius 3 is 2.42 bits per heavy atom. The Balaban J connectivity index is 2.20. The maximum atomic E-state index is 12.1. The van der Waals surface area contributed by atoms with E-state index in [4.69, 9.17) is 36.4 Å². The van der Waals surface area contributed by atoms with Gasteiger partial charge in [0.1, 0.15) is 22.8 Å². The molecule has 9 heteroatoms. The van der Waals surface area contributed by atoms with Gasteiger partial charge in [-0.2, -0.15) is 0 Å². The number of methoxy groups -OCH3 is 2. The third-order valence-corrected chi connectivity index (χ3v) is 3.46. The van der Waals surface area contributed by atoms with Gasteiger partial charge in [0, 0.05) is 17.2 Å². The van der Waals surface area contributed by atoms with Crippen LogP contribution in [0.4, 0.5) is 0 Å². The summed E-state index contributed by atoms with van der Waals surface area (Å²) >= 11 is 5.85. The monoisotopic (exact) mass is 380 g/mol. The molecule has 0 unspecified atom stereocenters. The van der Waals surface area contributed by atoms with Crippen molar-refractivity contribution in [2.45, 2.75) is 0 Å². The molecule has 0 aliphatic carbocycles. The van der Waals surface area contributed by atoms with Crippen LogP contribution in [0.5, 0.6) is 23.0 Å². The van der Waals surface area contributed by atoms with Gasteiger partial charge in [0.15, 0.2) is 12.4 Å². The zero-order chi connectivity index (χ0) is 19.1. The molecule has 1 amide bonds. The topological polar surface area (TPSA) is 109 Å². The predicted molar refractivity (Wildman–Crippen MR) is 93.8 cm³/mol. The van der Waals surface area contributed by atoms with E-state index in [0.29, 0.717) is 16.5 Å². The number of benzene rings is 2. The molecule has 0 spiro atoms. The first-order chi connectivity index (χ1) is 12.5. The molecule has 0 radical (unpaired) electrons.